The Bertz CT molecular complexity index is 559. The smallest absolute Gasteiger partial charge is 0.130 e. The molecule has 0 aromatic heterocycles. The van der Waals surface area contributed by atoms with Crippen molar-refractivity contribution in [2.45, 2.75) is 51.6 Å². The lowest BCUT2D eigenvalue weighted by Gasteiger charge is -2.17. The molecule has 0 saturated heterocycles. The topological polar surface area (TPSA) is 61.3 Å². The maximum absolute atomic E-state index is 6.22. The summed E-state index contributed by atoms with van der Waals surface area (Å²) in [7, 11) is 0. The van der Waals surface area contributed by atoms with Gasteiger partial charge in [-0.1, -0.05) is 50.2 Å². The Kier molecular flexibility index (Phi) is 6.63. The fourth-order valence-electron chi connectivity index (χ4n) is 2.52. The van der Waals surface area contributed by atoms with Crippen LogP contribution in [-0.4, -0.2) is 12.1 Å². The van der Waals surface area contributed by atoms with Gasteiger partial charge in [0.1, 0.15) is 11.5 Å². The summed E-state index contributed by atoms with van der Waals surface area (Å²) >= 11 is 0. The van der Waals surface area contributed by atoms with Crippen molar-refractivity contribution < 1.29 is 4.74 Å². The Morgan fingerprint density at radius 2 is 1.13 bits per heavy atom. The van der Waals surface area contributed by atoms with Crippen molar-refractivity contribution in [3.8, 4) is 11.5 Å². The first kappa shape index (κ1) is 17.5. The molecule has 2 aromatic carbocycles. The van der Waals surface area contributed by atoms with E-state index in [0.29, 0.717) is 0 Å². The number of para-hydroxylation sites is 2. The van der Waals surface area contributed by atoms with Gasteiger partial charge in [0.05, 0.1) is 0 Å². The molecule has 2 aromatic rings. The molecule has 23 heavy (non-hydrogen) atoms. The second-order valence-corrected chi connectivity index (χ2v) is 6.06. The molecule has 0 aliphatic carbocycles. The molecule has 4 N–H and O–H groups in total. The Labute approximate surface area is 139 Å². The fourth-order valence-corrected chi connectivity index (χ4v) is 2.52. The van der Waals surface area contributed by atoms with Crippen LogP contribution in [0, 0.1) is 0 Å². The molecule has 124 valence electrons. The van der Waals surface area contributed by atoms with Crippen molar-refractivity contribution in [2.75, 3.05) is 0 Å². The van der Waals surface area contributed by atoms with Crippen LogP contribution in [0.15, 0.2) is 48.5 Å². The van der Waals surface area contributed by atoms with Gasteiger partial charge in [-0.25, -0.2) is 0 Å². The molecule has 0 fully saturated rings. The van der Waals surface area contributed by atoms with E-state index in [1.807, 2.05) is 36.4 Å². The van der Waals surface area contributed by atoms with Crippen LogP contribution in [0.3, 0.4) is 0 Å². The van der Waals surface area contributed by atoms with Gasteiger partial charge in [-0.2, -0.15) is 0 Å². The van der Waals surface area contributed by atoms with Crippen molar-refractivity contribution in [3.05, 3.63) is 59.7 Å². The number of ether oxygens (including phenoxy) is 1. The number of rotatable bonds is 8. The Morgan fingerprint density at radius 3 is 1.52 bits per heavy atom. The fraction of sp³-hybridized carbons (Fsp3) is 0.400. The molecule has 0 saturated carbocycles. The predicted octanol–water partition coefficient (Wildman–Crippen LogP) is 4.04. The minimum atomic E-state index is 0.156. The zero-order valence-electron chi connectivity index (χ0n) is 14.2. The van der Waals surface area contributed by atoms with Crippen LogP contribution in [0.5, 0.6) is 11.5 Å². The number of hydrogen-bond donors (Lipinski definition) is 2. The Balaban J connectivity index is 2.22. The summed E-state index contributed by atoms with van der Waals surface area (Å²) in [4.78, 5) is 0. The standard InChI is InChI=1S/C20H28N2O/c1-3-17(21)13-15-9-5-7-11-19(15)23-20-12-8-6-10-16(20)14-18(22)4-2/h5-12,17-18H,3-4,13-14,21-22H2,1-2H3. The van der Waals surface area contributed by atoms with Crippen LogP contribution in [-0.2, 0) is 12.8 Å². The lowest BCUT2D eigenvalue weighted by Crippen LogP contribution is -2.22. The molecule has 2 atom stereocenters. The van der Waals surface area contributed by atoms with E-state index in [4.69, 9.17) is 16.2 Å². The normalized spacial score (nSPS) is 13.6. The minimum Gasteiger partial charge on any atom is -0.457 e. The summed E-state index contributed by atoms with van der Waals surface area (Å²) in [5.41, 5.74) is 14.5. The number of hydrogen-bond acceptors (Lipinski definition) is 3. The van der Waals surface area contributed by atoms with Gasteiger partial charge in [0.25, 0.3) is 0 Å². The van der Waals surface area contributed by atoms with Gasteiger partial charge in [-0.15, -0.1) is 0 Å². The summed E-state index contributed by atoms with van der Waals surface area (Å²) in [6.45, 7) is 4.21. The van der Waals surface area contributed by atoms with Crippen LogP contribution in [0.2, 0.25) is 0 Å². The summed E-state index contributed by atoms with van der Waals surface area (Å²) in [5, 5.41) is 0. The maximum atomic E-state index is 6.22. The number of benzene rings is 2. The molecule has 0 amide bonds. The third-order valence-corrected chi connectivity index (χ3v) is 4.18. The SMILES string of the molecule is CCC(N)Cc1ccccc1Oc1ccccc1CC(N)CC. The van der Waals surface area contributed by atoms with Crippen molar-refractivity contribution in [1.82, 2.24) is 0 Å². The monoisotopic (exact) mass is 312 g/mol. The molecule has 2 rings (SSSR count). The molecular weight excluding hydrogens is 284 g/mol. The van der Waals surface area contributed by atoms with Gasteiger partial charge in [-0.05, 0) is 48.9 Å². The van der Waals surface area contributed by atoms with Crippen molar-refractivity contribution in [2.24, 2.45) is 11.5 Å². The van der Waals surface area contributed by atoms with Gasteiger partial charge in [-0.3, -0.25) is 0 Å². The second-order valence-electron chi connectivity index (χ2n) is 6.06. The van der Waals surface area contributed by atoms with E-state index in [-0.39, 0.29) is 12.1 Å². The maximum Gasteiger partial charge on any atom is 0.130 e. The number of nitrogens with two attached hydrogens (primary N) is 2. The molecule has 3 heteroatoms. The van der Waals surface area contributed by atoms with Gasteiger partial charge in [0.2, 0.25) is 0 Å². The zero-order chi connectivity index (χ0) is 16.7. The molecule has 0 aliphatic rings. The van der Waals surface area contributed by atoms with Gasteiger partial charge < -0.3 is 16.2 Å². The van der Waals surface area contributed by atoms with E-state index < -0.39 is 0 Å². The van der Waals surface area contributed by atoms with Crippen molar-refractivity contribution in [1.29, 1.82) is 0 Å². The summed E-state index contributed by atoms with van der Waals surface area (Å²) in [6, 6.07) is 16.6. The highest BCUT2D eigenvalue weighted by Gasteiger charge is 2.12. The van der Waals surface area contributed by atoms with E-state index in [2.05, 4.69) is 26.0 Å². The van der Waals surface area contributed by atoms with E-state index in [1.54, 1.807) is 0 Å². The quantitative estimate of drug-likeness (QED) is 0.773. The third-order valence-electron chi connectivity index (χ3n) is 4.18. The molecule has 0 heterocycles. The summed E-state index contributed by atoms with van der Waals surface area (Å²) in [6.07, 6.45) is 3.55. The Hall–Kier alpha value is -1.84. The molecule has 2 unspecified atom stereocenters. The second kappa shape index (κ2) is 8.70. The highest BCUT2D eigenvalue weighted by Crippen LogP contribution is 2.29. The zero-order valence-corrected chi connectivity index (χ0v) is 14.2. The Morgan fingerprint density at radius 1 is 0.739 bits per heavy atom. The molecule has 0 bridgehead atoms. The van der Waals surface area contributed by atoms with Gasteiger partial charge in [0.15, 0.2) is 0 Å². The molecule has 0 spiro atoms. The predicted molar refractivity (Wildman–Crippen MR) is 96.9 cm³/mol. The minimum absolute atomic E-state index is 0.156. The molecule has 3 nitrogen and oxygen atoms in total. The van der Waals surface area contributed by atoms with Crippen LogP contribution in [0.25, 0.3) is 0 Å². The highest BCUT2D eigenvalue weighted by molar-refractivity contribution is 5.42. The molecule has 0 aliphatic heterocycles. The van der Waals surface area contributed by atoms with Crippen LogP contribution < -0.4 is 16.2 Å². The largest absolute Gasteiger partial charge is 0.457 e. The molecular formula is C20H28N2O. The summed E-state index contributed by atoms with van der Waals surface area (Å²) < 4.78 is 6.22. The average Bonchev–Trinajstić information content (AvgIpc) is 2.58. The first-order valence-electron chi connectivity index (χ1n) is 8.48. The van der Waals surface area contributed by atoms with Gasteiger partial charge >= 0.3 is 0 Å². The average molecular weight is 312 g/mol. The highest BCUT2D eigenvalue weighted by atomic mass is 16.5. The van der Waals surface area contributed by atoms with Crippen molar-refractivity contribution >= 4 is 0 Å². The van der Waals surface area contributed by atoms with Crippen LogP contribution in [0.4, 0.5) is 0 Å². The summed E-state index contributed by atoms with van der Waals surface area (Å²) in [5.74, 6) is 1.77. The van der Waals surface area contributed by atoms with Gasteiger partial charge in [0, 0.05) is 12.1 Å². The lowest BCUT2D eigenvalue weighted by molar-refractivity contribution is 0.462. The first-order chi connectivity index (χ1) is 11.1. The van der Waals surface area contributed by atoms with E-state index in [0.717, 1.165) is 48.3 Å². The van der Waals surface area contributed by atoms with E-state index in [9.17, 15) is 0 Å². The van der Waals surface area contributed by atoms with Crippen molar-refractivity contribution in [3.63, 3.8) is 0 Å². The van der Waals surface area contributed by atoms with E-state index in [1.165, 1.54) is 0 Å². The van der Waals surface area contributed by atoms with Crippen LogP contribution in [0.1, 0.15) is 37.8 Å². The lowest BCUT2D eigenvalue weighted by atomic mass is 10.0. The van der Waals surface area contributed by atoms with E-state index >= 15 is 0 Å². The molecule has 0 radical (unpaired) electrons. The third kappa shape index (κ3) is 5.08. The first-order valence-corrected chi connectivity index (χ1v) is 8.48. The van der Waals surface area contributed by atoms with Crippen LogP contribution >= 0.6 is 0 Å².